The molecule has 0 fully saturated rings. The molecule has 3 aromatic rings. The second-order valence-electron chi connectivity index (χ2n) is 7.31. The lowest BCUT2D eigenvalue weighted by atomic mass is 9.87. The smallest absolute Gasteiger partial charge is 0.232 e. The number of aliphatic hydroxyl groups excluding tert-OH is 1. The van der Waals surface area contributed by atoms with Crippen molar-refractivity contribution in [1.82, 2.24) is 5.32 Å². The molecular formula is C25H25NO3. The predicted molar refractivity (Wildman–Crippen MR) is 113 cm³/mol. The Bertz CT molecular complexity index is 925. The fourth-order valence-corrected chi connectivity index (χ4v) is 4.02. The van der Waals surface area contributed by atoms with Gasteiger partial charge in [0.2, 0.25) is 5.91 Å². The summed E-state index contributed by atoms with van der Waals surface area (Å²) in [6.07, 6.45) is 1.46. The average Bonchev–Trinajstić information content (AvgIpc) is 2.77. The Morgan fingerprint density at radius 2 is 1.45 bits per heavy atom. The molecule has 1 heterocycles. The molecule has 0 saturated heterocycles. The number of hydrogen-bond acceptors (Lipinski definition) is 3. The van der Waals surface area contributed by atoms with Crippen LogP contribution in [0.15, 0.2) is 78.9 Å². The summed E-state index contributed by atoms with van der Waals surface area (Å²) in [6, 6.07) is 25.6. The zero-order chi connectivity index (χ0) is 20.1. The van der Waals surface area contributed by atoms with Gasteiger partial charge in [0.25, 0.3) is 0 Å². The third kappa shape index (κ3) is 4.17. The van der Waals surface area contributed by atoms with Gasteiger partial charge in [-0.1, -0.05) is 66.7 Å². The monoisotopic (exact) mass is 387 g/mol. The van der Waals surface area contributed by atoms with Crippen molar-refractivity contribution in [3.05, 3.63) is 95.6 Å². The van der Waals surface area contributed by atoms with Gasteiger partial charge in [0.05, 0.1) is 5.92 Å². The van der Waals surface area contributed by atoms with Crippen molar-refractivity contribution in [1.29, 1.82) is 0 Å². The van der Waals surface area contributed by atoms with E-state index in [1.165, 1.54) is 5.56 Å². The number of nitrogens with one attached hydrogen (secondary N) is 1. The van der Waals surface area contributed by atoms with Gasteiger partial charge >= 0.3 is 0 Å². The first-order valence-electron chi connectivity index (χ1n) is 10.1. The molecule has 1 amide bonds. The molecule has 4 nitrogen and oxygen atoms in total. The van der Waals surface area contributed by atoms with Gasteiger partial charge in [-0.25, -0.2) is 0 Å². The summed E-state index contributed by atoms with van der Waals surface area (Å²) in [6.45, 7) is 0.689. The van der Waals surface area contributed by atoms with Gasteiger partial charge in [-0.2, -0.15) is 0 Å². The number of carbonyl (C=O) groups excluding carboxylic acids is 1. The van der Waals surface area contributed by atoms with E-state index in [0.717, 1.165) is 29.0 Å². The lowest BCUT2D eigenvalue weighted by molar-refractivity contribution is -0.121. The third-order valence-corrected chi connectivity index (χ3v) is 5.48. The van der Waals surface area contributed by atoms with Crippen LogP contribution < -0.4 is 10.1 Å². The van der Waals surface area contributed by atoms with Gasteiger partial charge < -0.3 is 15.2 Å². The van der Waals surface area contributed by atoms with Crippen LogP contribution in [0.4, 0.5) is 0 Å². The van der Waals surface area contributed by atoms with Crippen molar-refractivity contribution in [2.24, 2.45) is 0 Å². The topological polar surface area (TPSA) is 58.6 Å². The van der Waals surface area contributed by atoms with Crippen molar-refractivity contribution in [2.75, 3.05) is 13.2 Å². The minimum atomic E-state index is -0.385. The van der Waals surface area contributed by atoms with E-state index in [9.17, 15) is 9.90 Å². The summed E-state index contributed by atoms with van der Waals surface area (Å²) in [5.74, 6) is 1.27. The fourth-order valence-electron chi connectivity index (χ4n) is 4.02. The number of aliphatic hydroxyl groups is 1. The maximum atomic E-state index is 13.2. The highest BCUT2D eigenvalue weighted by Gasteiger charge is 2.32. The number of fused-ring (bicyclic) bond motifs is 2. The molecule has 1 aliphatic rings. The van der Waals surface area contributed by atoms with Gasteiger partial charge in [0, 0.05) is 24.3 Å². The van der Waals surface area contributed by atoms with Gasteiger partial charge in [0.1, 0.15) is 11.5 Å². The van der Waals surface area contributed by atoms with Gasteiger partial charge in [-0.3, -0.25) is 4.79 Å². The van der Waals surface area contributed by atoms with E-state index in [-0.39, 0.29) is 24.3 Å². The van der Waals surface area contributed by atoms with Crippen LogP contribution >= 0.6 is 0 Å². The van der Waals surface area contributed by atoms with E-state index >= 15 is 0 Å². The van der Waals surface area contributed by atoms with Crippen LogP contribution in [-0.4, -0.2) is 24.2 Å². The molecule has 0 aromatic heterocycles. The molecule has 1 aliphatic heterocycles. The largest absolute Gasteiger partial charge is 0.457 e. The molecule has 1 unspecified atom stereocenters. The van der Waals surface area contributed by atoms with E-state index in [1.807, 2.05) is 66.7 Å². The standard InChI is InChI=1S/C25H25NO3/c27-17-15-19(18-8-2-1-3-9-18)14-16-26-25(28)24-20-10-4-6-12-22(20)29-23-13-7-5-11-21(23)24/h1-13,19,24,27H,14-17H2,(H,26,28). The Hall–Kier alpha value is -3.11. The summed E-state index contributed by atoms with van der Waals surface area (Å²) in [4.78, 5) is 13.2. The van der Waals surface area contributed by atoms with Crippen molar-refractivity contribution in [3.8, 4) is 11.5 Å². The summed E-state index contributed by atoms with van der Waals surface area (Å²) in [5.41, 5.74) is 2.97. The lowest BCUT2D eigenvalue weighted by Gasteiger charge is -2.27. The SMILES string of the molecule is O=C(NCCC(CCO)c1ccccc1)C1c2ccccc2Oc2ccccc21. The minimum absolute atomic E-state index is 0.0241. The first-order valence-corrected chi connectivity index (χ1v) is 10.1. The Morgan fingerprint density at radius 3 is 2.07 bits per heavy atom. The van der Waals surface area contributed by atoms with E-state index in [2.05, 4.69) is 17.4 Å². The van der Waals surface area contributed by atoms with E-state index in [4.69, 9.17) is 4.74 Å². The van der Waals surface area contributed by atoms with E-state index in [0.29, 0.717) is 13.0 Å². The van der Waals surface area contributed by atoms with E-state index in [1.54, 1.807) is 0 Å². The van der Waals surface area contributed by atoms with Gasteiger partial charge in [-0.15, -0.1) is 0 Å². The third-order valence-electron chi connectivity index (χ3n) is 5.48. The molecule has 4 rings (SSSR count). The quantitative estimate of drug-likeness (QED) is 0.623. The normalized spacial score (nSPS) is 13.7. The first-order chi connectivity index (χ1) is 14.3. The summed E-state index contributed by atoms with van der Waals surface area (Å²) in [5, 5.41) is 12.5. The second kappa shape index (κ2) is 8.93. The maximum Gasteiger partial charge on any atom is 0.232 e. The molecule has 0 aliphatic carbocycles. The second-order valence-corrected chi connectivity index (χ2v) is 7.31. The summed E-state index contributed by atoms with van der Waals surface area (Å²) in [7, 11) is 0. The molecule has 2 N–H and O–H groups in total. The average molecular weight is 387 g/mol. The minimum Gasteiger partial charge on any atom is -0.457 e. The predicted octanol–water partition coefficient (Wildman–Crippen LogP) is 4.60. The molecular weight excluding hydrogens is 362 g/mol. The van der Waals surface area contributed by atoms with Gasteiger partial charge in [0.15, 0.2) is 0 Å². The number of rotatable bonds is 7. The fraction of sp³-hybridized carbons (Fsp3) is 0.240. The molecule has 0 spiro atoms. The Morgan fingerprint density at radius 1 is 0.862 bits per heavy atom. The van der Waals surface area contributed by atoms with Crippen molar-refractivity contribution < 1.29 is 14.6 Å². The first kappa shape index (κ1) is 19.2. The van der Waals surface area contributed by atoms with Crippen molar-refractivity contribution >= 4 is 5.91 Å². The molecule has 0 radical (unpaired) electrons. The molecule has 148 valence electrons. The molecule has 29 heavy (non-hydrogen) atoms. The Labute approximate surface area is 171 Å². The molecule has 4 heteroatoms. The zero-order valence-corrected chi connectivity index (χ0v) is 16.3. The number of ether oxygens (including phenoxy) is 1. The van der Waals surface area contributed by atoms with Crippen LogP contribution in [-0.2, 0) is 4.79 Å². The number of benzene rings is 3. The number of hydrogen-bond donors (Lipinski definition) is 2. The highest BCUT2D eigenvalue weighted by atomic mass is 16.5. The maximum absolute atomic E-state index is 13.2. The van der Waals surface area contributed by atoms with Crippen LogP contribution in [0.3, 0.4) is 0 Å². The molecule has 1 atom stereocenters. The summed E-state index contributed by atoms with van der Waals surface area (Å²) >= 11 is 0. The lowest BCUT2D eigenvalue weighted by Crippen LogP contribution is -2.33. The highest BCUT2D eigenvalue weighted by molar-refractivity contribution is 5.89. The Balaban J connectivity index is 1.49. The van der Waals surface area contributed by atoms with Crippen LogP contribution in [0.25, 0.3) is 0 Å². The van der Waals surface area contributed by atoms with Crippen LogP contribution in [0.5, 0.6) is 11.5 Å². The highest BCUT2D eigenvalue weighted by Crippen LogP contribution is 2.43. The Kier molecular flexibility index (Phi) is 5.92. The van der Waals surface area contributed by atoms with Crippen LogP contribution in [0.2, 0.25) is 0 Å². The van der Waals surface area contributed by atoms with Crippen molar-refractivity contribution in [2.45, 2.75) is 24.7 Å². The molecule has 0 bridgehead atoms. The number of carbonyl (C=O) groups is 1. The molecule has 0 saturated carbocycles. The molecule has 3 aromatic carbocycles. The van der Waals surface area contributed by atoms with Crippen LogP contribution in [0.1, 0.15) is 41.4 Å². The van der Waals surface area contributed by atoms with E-state index < -0.39 is 0 Å². The zero-order valence-electron chi connectivity index (χ0n) is 16.3. The number of para-hydroxylation sites is 2. The summed E-state index contributed by atoms with van der Waals surface area (Å²) < 4.78 is 5.98. The van der Waals surface area contributed by atoms with Crippen molar-refractivity contribution in [3.63, 3.8) is 0 Å². The van der Waals surface area contributed by atoms with Crippen LogP contribution in [0, 0.1) is 0 Å². The number of amides is 1. The van der Waals surface area contributed by atoms with Gasteiger partial charge in [-0.05, 0) is 36.5 Å².